The largest absolute Gasteiger partial charge is 0.388 e. The van der Waals surface area contributed by atoms with Crippen molar-refractivity contribution in [2.24, 2.45) is 11.3 Å². The maximum atomic E-state index is 13.6. The molecule has 0 aromatic carbocycles. The molecule has 1 N–H and O–H groups in total. The van der Waals surface area contributed by atoms with Crippen LogP contribution in [0.1, 0.15) is 51.2 Å². The Labute approximate surface area is 102 Å². The first-order valence-electron chi connectivity index (χ1n) is 6.30. The van der Waals surface area contributed by atoms with E-state index in [1.165, 1.54) is 18.8 Å². The predicted octanol–water partition coefficient (Wildman–Crippen LogP) is 3.47. The minimum atomic E-state index is -0.715. The van der Waals surface area contributed by atoms with Gasteiger partial charge in [0.25, 0.3) is 0 Å². The van der Waals surface area contributed by atoms with Gasteiger partial charge in [0.15, 0.2) is 0 Å². The number of halogens is 1. The van der Waals surface area contributed by atoms with Gasteiger partial charge in [-0.3, -0.25) is 4.98 Å². The highest BCUT2D eigenvalue weighted by Crippen LogP contribution is 2.46. The Morgan fingerprint density at radius 2 is 2.24 bits per heavy atom. The van der Waals surface area contributed by atoms with Crippen LogP contribution < -0.4 is 0 Å². The highest BCUT2D eigenvalue weighted by Gasteiger charge is 2.38. The van der Waals surface area contributed by atoms with Gasteiger partial charge in [0, 0.05) is 11.8 Å². The topological polar surface area (TPSA) is 33.1 Å². The minimum absolute atomic E-state index is 0.0768. The third kappa shape index (κ3) is 2.49. The quantitative estimate of drug-likeness (QED) is 0.854. The van der Waals surface area contributed by atoms with E-state index in [0.29, 0.717) is 5.56 Å². The second kappa shape index (κ2) is 4.73. The van der Waals surface area contributed by atoms with Crippen molar-refractivity contribution in [2.45, 2.75) is 45.6 Å². The molecule has 0 amide bonds. The molecule has 1 heterocycles. The molecule has 1 fully saturated rings. The number of hydrogen-bond donors (Lipinski definition) is 1. The molecule has 2 nitrogen and oxygen atoms in total. The Kier molecular flexibility index (Phi) is 3.48. The summed E-state index contributed by atoms with van der Waals surface area (Å²) < 4.78 is 13.6. The van der Waals surface area contributed by atoms with Crippen molar-refractivity contribution in [1.29, 1.82) is 0 Å². The van der Waals surface area contributed by atoms with E-state index in [9.17, 15) is 9.50 Å². The van der Waals surface area contributed by atoms with Crippen LogP contribution in [0.4, 0.5) is 4.39 Å². The van der Waals surface area contributed by atoms with E-state index >= 15 is 0 Å². The van der Waals surface area contributed by atoms with Gasteiger partial charge >= 0.3 is 0 Å². The van der Waals surface area contributed by atoms with Gasteiger partial charge in [0.2, 0.25) is 0 Å². The van der Waals surface area contributed by atoms with Crippen LogP contribution in [0, 0.1) is 17.2 Å². The lowest BCUT2D eigenvalue weighted by Gasteiger charge is -2.41. The van der Waals surface area contributed by atoms with Crippen LogP contribution in [0.2, 0.25) is 0 Å². The first-order valence-corrected chi connectivity index (χ1v) is 6.30. The summed E-state index contributed by atoms with van der Waals surface area (Å²) in [6.45, 7) is 4.33. The standard InChI is InChI=1S/C14H20FNO/c1-14(2)7-4-3-5-11(14)13(17)10-6-8-16-9-12(10)15/h6,8-9,11,13,17H,3-5,7H2,1-2H3. The van der Waals surface area contributed by atoms with Gasteiger partial charge in [-0.05, 0) is 30.2 Å². The third-order valence-electron chi connectivity index (χ3n) is 4.09. The molecule has 0 spiro atoms. The van der Waals surface area contributed by atoms with E-state index in [0.717, 1.165) is 19.3 Å². The fourth-order valence-corrected chi connectivity index (χ4v) is 2.95. The lowest BCUT2D eigenvalue weighted by molar-refractivity contribution is 0.00193. The first kappa shape index (κ1) is 12.5. The summed E-state index contributed by atoms with van der Waals surface area (Å²) in [7, 11) is 0. The summed E-state index contributed by atoms with van der Waals surface area (Å²) in [5, 5.41) is 10.4. The molecule has 17 heavy (non-hydrogen) atoms. The Morgan fingerprint density at radius 3 is 2.88 bits per heavy atom. The van der Waals surface area contributed by atoms with Crippen LogP contribution in [0.3, 0.4) is 0 Å². The smallest absolute Gasteiger partial charge is 0.147 e. The summed E-state index contributed by atoms with van der Waals surface area (Å²) in [5.41, 5.74) is 0.466. The molecule has 1 aliphatic rings. The van der Waals surface area contributed by atoms with E-state index in [1.54, 1.807) is 6.07 Å². The Hall–Kier alpha value is -0.960. The summed E-state index contributed by atoms with van der Waals surface area (Å²) >= 11 is 0. The Balaban J connectivity index is 2.25. The third-order valence-corrected chi connectivity index (χ3v) is 4.09. The highest BCUT2D eigenvalue weighted by molar-refractivity contribution is 5.17. The second-order valence-electron chi connectivity index (χ2n) is 5.68. The summed E-state index contributed by atoms with van der Waals surface area (Å²) in [4.78, 5) is 3.72. The van der Waals surface area contributed by atoms with Crippen molar-refractivity contribution in [3.8, 4) is 0 Å². The van der Waals surface area contributed by atoms with E-state index in [1.807, 2.05) is 0 Å². The molecule has 0 radical (unpaired) electrons. The van der Waals surface area contributed by atoms with Crippen LogP contribution >= 0.6 is 0 Å². The van der Waals surface area contributed by atoms with Gasteiger partial charge in [-0.2, -0.15) is 0 Å². The van der Waals surface area contributed by atoms with Gasteiger partial charge in [-0.25, -0.2) is 4.39 Å². The van der Waals surface area contributed by atoms with Crippen molar-refractivity contribution >= 4 is 0 Å². The number of rotatable bonds is 2. The molecule has 2 rings (SSSR count). The SMILES string of the molecule is CC1(C)CCCCC1C(O)c1ccncc1F. The fourth-order valence-electron chi connectivity index (χ4n) is 2.95. The normalized spacial score (nSPS) is 25.5. The zero-order valence-corrected chi connectivity index (χ0v) is 10.5. The second-order valence-corrected chi connectivity index (χ2v) is 5.68. The number of aromatic nitrogens is 1. The van der Waals surface area contributed by atoms with E-state index in [4.69, 9.17) is 0 Å². The van der Waals surface area contributed by atoms with Crippen molar-refractivity contribution in [3.05, 3.63) is 29.8 Å². The molecule has 2 unspecified atom stereocenters. The molecule has 0 saturated heterocycles. The molecular weight excluding hydrogens is 217 g/mol. The molecule has 1 aliphatic carbocycles. The maximum Gasteiger partial charge on any atom is 0.147 e. The van der Waals surface area contributed by atoms with Gasteiger partial charge in [-0.1, -0.05) is 26.7 Å². The molecule has 1 saturated carbocycles. The highest BCUT2D eigenvalue weighted by atomic mass is 19.1. The van der Waals surface area contributed by atoms with Gasteiger partial charge in [0.05, 0.1) is 12.3 Å². The van der Waals surface area contributed by atoms with Crippen molar-refractivity contribution in [3.63, 3.8) is 0 Å². The monoisotopic (exact) mass is 237 g/mol. The van der Waals surface area contributed by atoms with Crippen LogP contribution in [-0.2, 0) is 0 Å². The number of pyridine rings is 1. The number of aliphatic hydroxyl groups excluding tert-OH is 1. The maximum absolute atomic E-state index is 13.6. The van der Waals surface area contributed by atoms with Gasteiger partial charge in [-0.15, -0.1) is 0 Å². The summed E-state index contributed by atoms with van der Waals surface area (Å²) in [6.07, 6.45) is 6.39. The van der Waals surface area contributed by atoms with E-state index < -0.39 is 11.9 Å². The lowest BCUT2D eigenvalue weighted by atomic mass is 9.65. The number of hydrogen-bond acceptors (Lipinski definition) is 2. The summed E-state index contributed by atoms with van der Waals surface area (Å²) in [6, 6.07) is 1.59. The van der Waals surface area contributed by atoms with E-state index in [-0.39, 0.29) is 11.3 Å². The van der Waals surface area contributed by atoms with Crippen LogP contribution in [0.5, 0.6) is 0 Å². The van der Waals surface area contributed by atoms with Crippen molar-refractivity contribution in [2.75, 3.05) is 0 Å². The zero-order chi connectivity index (χ0) is 12.5. The van der Waals surface area contributed by atoms with Gasteiger partial charge < -0.3 is 5.11 Å². The molecule has 0 aliphatic heterocycles. The predicted molar refractivity (Wildman–Crippen MR) is 64.9 cm³/mol. The average Bonchev–Trinajstić information content (AvgIpc) is 2.28. The summed E-state index contributed by atoms with van der Waals surface area (Å²) in [5.74, 6) is -0.269. The van der Waals surface area contributed by atoms with Crippen LogP contribution in [0.25, 0.3) is 0 Å². The fraction of sp³-hybridized carbons (Fsp3) is 0.643. The van der Waals surface area contributed by atoms with E-state index in [2.05, 4.69) is 18.8 Å². The Morgan fingerprint density at radius 1 is 1.47 bits per heavy atom. The lowest BCUT2D eigenvalue weighted by Crippen LogP contribution is -2.33. The minimum Gasteiger partial charge on any atom is -0.388 e. The first-order chi connectivity index (χ1) is 8.02. The molecule has 1 aromatic rings. The van der Waals surface area contributed by atoms with Crippen molar-refractivity contribution in [1.82, 2.24) is 4.98 Å². The Bertz CT molecular complexity index is 392. The van der Waals surface area contributed by atoms with Crippen LogP contribution in [0.15, 0.2) is 18.5 Å². The van der Waals surface area contributed by atoms with Crippen molar-refractivity contribution < 1.29 is 9.50 Å². The number of nitrogens with zero attached hydrogens (tertiary/aromatic N) is 1. The molecule has 1 aromatic heterocycles. The molecule has 0 bridgehead atoms. The average molecular weight is 237 g/mol. The zero-order valence-electron chi connectivity index (χ0n) is 10.5. The molecule has 3 heteroatoms. The molecular formula is C14H20FNO. The number of aliphatic hydroxyl groups is 1. The van der Waals surface area contributed by atoms with Crippen LogP contribution in [-0.4, -0.2) is 10.1 Å². The molecule has 94 valence electrons. The van der Waals surface area contributed by atoms with Gasteiger partial charge in [0.1, 0.15) is 5.82 Å². The molecule has 2 atom stereocenters.